The number of hydrogen-bond acceptors (Lipinski definition) is 2. The lowest BCUT2D eigenvalue weighted by molar-refractivity contribution is 0.103. The maximum atomic E-state index is 14.3. The van der Waals surface area contributed by atoms with E-state index in [1.807, 2.05) is 12.1 Å². The Balaban J connectivity index is 2.38. The van der Waals surface area contributed by atoms with E-state index in [9.17, 15) is 4.39 Å². The minimum absolute atomic E-state index is 0.0391. The molecule has 2 rings (SSSR count). The van der Waals surface area contributed by atoms with Gasteiger partial charge in [-0.25, -0.2) is 4.39 Å². The first-order valence-corrected chi connectivity index (χ1v) is 7.77. The Morgan fingerprint density at radius 1 is 1.25 bits per heavy atom. The molecule has 1 fully saturated rings. The third kappa shape index (κ3) is 2.89. The van der Waals surface area contributed by atoms with Gasteiger partial charge in [0.15, 0.2) is 0 Å². The fourth-order valence-corrected chi connectivity index (χ4v) is 3.57. The highest BCUT2D eigenvalue weighted by Crippen LogP contribution is 2.43. The van der Waals surface area contributed by atoms with Crippen molar-refractivity contribution in [2.24, 2.45) is 0 Å². The summed E-state index contributed by atoms with van der Waals surface area (Å²) < 4.78 is 14.3. The molecule has 0 amide bonds. The maximum Gasteiger partial charge on any atom is 0.128 e. The molecule has 3 heteroatoms. The second kappa shape index (κ2) is 6.68. The van der Waals surface area contributed by atoms with Crippen LogP contribution in [0.4, 0.5) is 4.39 Å². The predicted octanol–water partition coefficient (Wildman–Crippen LogP) is 3.74. The summed E-state index contributed by atoms with van der Waals surface area (Å²) in [6.45, 7) is 3.08. The van der Waals surface area contributed by atoms with E-state index in [0.717, 1.165) is 31.4 Å². The zero-order valence-electron chi connectivity index (χ0n) is 13.0. The Morgan fingerprint density at radius 2 is 1.90 bits per heavy atom. The molecule has 1 aromatic carbocycles. The smallest absolute Gasteiger partial charge is 0.128 e. The Bertz CT molecular complexity index is 425. The lowest BCUT2D eigenvalue weighted by atomic mass is 9.82. The highest BCUT2D eigenvalue weighted by atomic mass is 19.1. The number of halogens is 1. The first kappa shape index (κ1) is 15.5. The van der Waals surface area contributed by atoms with Crippen molar-refractivity contribution in [2.75, 3.05) is 20.6 Å². The van der Waals surface area contributed by atoms with Crippen LogP contribution in [0, 0.1) is 5.82 Å². The molecule has 1 N–H and O–H groups in total. The number of benzene rings is 1. The molecule has 20 heavy (non-hydrogen) atoms. The molecule has 0 heterocycles. The number of likely N-dealkylation sites (N-methyl/N-ethyl adjacent to an activating group) is 1. The van der Waals surface area contributed by atoms with Gasteiger partial charge in [0, 0.05) is 11.1 Å². The first-order valence-electron chi connectivity index (χ1n) is 7.77. The van der Waals surface area contributed by atoms with Gasteiger partial charge in [-0.3, -0.25) is 0 Å². The number of nitrogens with zero attached hydrogens (tertiary/aromatic N) is 1. The van der Waals surface area contributed by atoms with Crippen LogP contribution in [0.15, 0.2) is 24.3 Å². The topological polar surface area (TPSA) is 15.3 Å². The Hall–Kier alpha value is -0.930. The Morgan fingerprint density at radius 3 is 2.45 bits per heavy atom. The van der Waals surface area contributed by atoms with Gasteiger partial charge in [0.25, 0.3) is 0 Å². The van der Waals surface area contributed by atoms with Gasteiger partial charge in [0.2, 0.25) is 0 Å². The minimum Gasteiger partial charge on any atom is -0.308 e. The minimum atomic E-state index is -0.0887. The largest absolute Gasteiger partial charge is 0.308 e. The third-order valence-electron chi connectivity index (χ3n) is 4.71. The van der Waals surface area contributed by atoms with Crippen molar-refractivity contribution in [2.45, 2.75) is 50.6 Å². The lowest BCUT2D eigenvalue weighted by Gasteiger charge is -2.44. The van der Waals surface area contributed by atoms with E-state index in [4.69, 9.17) is 0 Å². The molecule has 1 atom stereocenters. The second-order valence-corrected chi connectivity index (χ2v) is 6.11. The van der Waals surface area contributed by atoms with Crippen molar-refractivity contribution in [3.63, 3.8) is 0 Å². The predicted molar refractivity (Wildman–Crippen MR) is 82.3 cm³/mol. The first-order chi connectivity index (χ1) is 9.62. The quantitative estimate of drug-likeness (QED) is 0.852. The van der Waals surface area contributed by atoms with E-state index < -0.39 is 0 Å². The molecule has 1 saturated carbocycles. The van der Waals surface area contributed by atoms with Crippen LogP contribution in [0.2, 0.25) is 0 Å². The number of nitrogens with one attached hydrogen (secondary N) is 1. The van der Waals surface area contributed by atoms with Crippen LogP contribution in [0.25, 0.3) is 0 Å². The van der Waals surface area contributed by atoms with Gasteiger partial charge in [0.1, 0.15) is 5.82 Å². The standard InChI is InChI=1S/C17H27FN2/c1-4-13-19-16(14-9-5-6-10-15(14)18)17(20(2)3)11-7-8-12-17/h5-6,9-10,16,19H,4,7-8,11-13H2,1-3H3. The normalized spacial score (nSPS) is 19.4. The highest BCUT2D eigenvalue weighted by molar-refractivity contribution is 5.26. The summed E-state index contributed by atoms with van der Waals surface area (Å²) in [5, 5.41) is 3.61. The van der Waals surface area contributed by atoms with Gasteiger partial charge < -0.3 is 10.2 Å². The maximum absolute atomic E-state index is 14.3. The number of rotatable bonds is 6. The van der Waals surface area contributed by atoms with E-state index >= 15 is 0 Å². The summed E-state index contributed by atoms with van der Waals surface area (Å²) in [7, 11) is 4.26. The molecule has 0 aliphatic heterocycles. The molecule has 0 aromatic heterocycles. The molecule has 1 aromatic rings. The fourth-order valence-electron chi connectivity index (χ4n) is 3.57. The summed E-state index contributed by atoms with van der Waals surface area (Å²) in [6, 6.07) is 7.30. The summed E-state index contributed by atoms with van der Waals surface area (Å²) in [6.07, 6.45) is 5.80. The molecule has 1 unspecified atom stereocenters. The van der Waals surface area contributed by atoms with E-state index in [0.29, 0.717) is 0 Å². The van der Waals surface area contributed by atoms with Crippen molar-refractivity contribution in [3.05, 3.63) is 35.6 Å². The molecule has 0 spiro atoms. The van der Waals surface area contributed by atoms with Crippen LogP contribution < -0.4 is 5.32 Å². The molecule has 0 saturated heterocycles. The van der Waals surface area contributed by atoms with Crippen LogP contribution in [0.5, 0.6) is 0 Å². The fraction of sp³-hybridized carbons (Fsp3) is 0.647. The van der Waals surface area contributed by atoms with E-state index in [-0.39, 0.29) is 17.4 Å². The van der Waals surface area contributed by atoms with Gasteiger partial charge >= 0.3 is 0 Å². The average Bonchev–Trinajstić information content (AvgIpc) is 2.92. The van der Waals surface area contributed by atoms with Gasteiger partial charge in [-0.2, -0.15) is 0 Å². The molecular weight excluding hydrogens is 251 g/mol. The number of hydrogen-bond donors (Lipinski definition) is 1. The van der Waals surface area contributed by atoms with Gasteiger partial charge in [-0.15, -0.1) is 0 Å². The van der Waals surface area contributed by atoms with Crippen molar-refractivity contribution >= 4 is 0 Å². The van der Waals surface area contributed by atoms with Crippen LogP contribution >= 0.6 is 0 Å². The average molecular weight is 278 g/mol. The van der Waals surface area contributed by atoms with Crippen molar-refractivity contribution in [3.8, 4) is 0 Å². The van der Waals surface area contributed by atoms with E-state index in [2.05, 4.69) is 31.2 Å². The van der Waals surface area contributed by atoms with E-state index in [1.54, 1.807) is 12.1 Å². The molecule has 2 nitrogen and oxygen atoms in total. The Kier molecular flexibility index (Phi) is 5.17. The van der Waals surface area contributed by atoms with Crippen LogP contribution in [0.3, 0.4) is 0 Å². The molecule has 0 radical (unpaired) electrons. The van der Waals surface area contributed by atoms with Crippen molar-refractivity contribution in [1.82, 2.24) is 10.2 Å². The van der Waals surface area contributed by atoms with Gasteiger partial charge in [-0.05, 0) is 46.0 Å². The molecule has 1 aliphatic rings. The zero-order chi connectivity index (χ0) is 14.6. The molecule has 112 valence electrons. The van der Waals surface area contributed by atoms with Crippen molar-refractivity contribution in [1.29, 1.82) is 0 Å². The van der Waals surface area contributed by atoms with Crippen LogP contribution in [0.1, 0.15) is 50.6 Å². The summed E-state index contributed by atoms with van der Waals surface area (Å²) >= 11 is 0. The van der Waals surface area contributed by atoms with Gasteiger partial charge in [-0.1, -0.05) is 38.0 Å². The highest BCUT2D eigenvalue weighted by Gasteiger charge is 2.44. The monoisotopic (exact) mass is 278 g/mol. The molecular formula is C17H27FN2. The SMILES string of the molecule is CCCNC(c1ccccc1F)C1(N(C)C)CCCC1. The van der Waals surface area contributed by atoms with Crippen LogP contribution in [-0.4, -0.2) is 31.1 Å². The Labute approximate surface area is 122 Å². The summed E-state index contributed by atoms with van der Waals surface area (Å²) in [5.74, 6) is -0.0887. The van der Waals surface area contributed by atoms with Crippen molar-refractivity contribution < 1.29 is 4.39 Å². The molecule has 0 bridgehead atoms. The van der Waals surface area contributed by atoms with Gasteiger partial charge in [0.05, 0.1) is 6.04 Å². The summed E-state index contributed by atoms with van der Waals surface area (Å²) in [5.41, 5.74) is 0.855. The second-order valence-electron chi connectivity index (χ2n) is 6.11. The molecule has 1 aliphatic carbocycles. The zero-order valence-corrected chi connectivity index (χ0v) is 13.0. The van der Waals surface area contributed by atoms with Crippen LogP contribution in [-0.2, 0) is 0 Å². The van der Waals surface area contributed by atoms with E-state index in [1.165, 1.54) is 12.8 Å². The summed E-state index contributed by atoms with van der Waals surface area (Å²) in [4.78, 5) is 2.31. The third-order valence-corrected chi connectivity index (χ3v) is 4.71. The lowest BCUT2D eigenvalue weighted by Crippen LogP contribution is -2.52.